The van der Waals surface area contributed by atoms with E-state index < -0.39 is 0 Å². The van der Waals surface area contributed by atoms with Crippen LogP contribution in [0.15, 0.2) is 18.2 Å². The Morgan fingerprint density at radius 3 is 2.79 bits per heavy atom. The van der Waals surface area contributed by atoms with E-state index in [0.29, 0.717) is 21.9 Å². The zero-order valence-electron chi connectivity index (χ0n) is 11.5. The standard InChI is InChI=1S/C15H21Cl2NO/c1-3-19-10-12-9-18(2)7-6-13(12)11-4-5-14(16)15(17)8-11/h4-5,8,12-13H,3,6-7,9-10H2,1-2H3/t12-,13+/m1/s1. The van der Waals surface area contributed by atoms with Crippen molar-refractivity contribution in [3.63, 3.8) is 0 Å². The van der Waals surface area contributed by atoms with Crippen LogP contribution in [0.5, 0.6) is 0 Å². The van der Waals surface area contributed by atoms with Gasteiger partial charge in [0, 0.05) is 19.1 Å². The summed E-state index contributed by atoms with van der Waals surface area (Å²) in [4.78, 5) is 2.37. The highest BCUT2D eigenvalue weighted by Crippen LogP contribution is 2.35. The third-order valence-corrected chi connectivity index (χ3v) is 4.58. The number of hydrogen-bond donors (Lipinski definition) is 0. The van der Waals surface area contributed by atoms with E-state index in [4.69, 9.17) is 27.9 Å². The van der Waals surface area contributed by atoms with Crippen LogP contribution in [-0.4, -0.2) is 38.3 Å². The third-order valence-electron chi connectivity index (χ3n) is 3.84. The number of piperidine rings is 1. The Hall–Kier alpha value is -0.280. The number of nitrogens with zero attached hydrogens (tertiary/aromatic N) is 1. The molecular weight excluding hydrogens is 281 g/mol. The molecule has 1 aromatic rings. The molecule has 4 heteroatoms. The molecule has 0 radical (unpaired) electrons. The highest BCUT2D eigenvalue weighted by atomic mass is 35.5. The molecule has 1 saturated heterocycles. The molecule has 2 rings (SSSR count). The van der Waals surface area contributed by atoms with Crippen LogP contribution in [-0.2, 0) is 4.74 Å². The number of benzene rings is 1. The Morgan fingerprint density at radius 1 is 1.32 bits per heavy atom. The fraction of sp³-hybridized carbons (Fsp3) is 0.600. The van der Waals surface area contributed by atoms with Crippen molar-refractivity contribution in [2.24, 2.45) is 5.92 Å². The second kappa shape index (κ2) is 6.94. The van der Waals surface area contributed by atoms with Gasteiger partial charge in [-0.3, -0.25) is 0 Å². The minimum absolute atomic E-state index is 0.512. The molecule has 106 valence electrons. The van der Waals surface area contributed by atoms with Crippen LogP contribution < -0.4 is 0 Å². The second-order valence-corrected chi connectivity index (χ2v) is 6.06. The maximum absolute atomic E-state index is 6.14. The highest BCUT2D eigenvalue weighted by Gasteiger charge is 2.29. The Bertz CT molecular complexity index is 425. The SMILES string of the molecule is CCOC[C@H]1CN(C)CC[C@H]1c1ccc(Cl)c(Cl)c1. The minimum atomic E-state index is 0.512. The quantitative estimate of drug-likeness (QED) is 0.831. The van der Waals surface area contributed by atoms with Crippen LogP contribution in [0.2, 0.25) is 10.0 Å². The van der Waals surface area contributed by atoms with E-state index in [2.05, 4.69) is 18.0 Å². The zero-order chi connectivity index (χ0) is 13.8. The molecule has 0 amide bonds. The van der Waals surface area contributed by atoms with E-state index >= 15 is 0 Å². The average Bonchev–Trinajstić information content (AvgIpc) is 2.40. The Morgan fingerprint density at radius 2 is 2.11 bits per heavy atom. The predicted molar refractivity (Wildman–Crippen MR) is 81.3 cm³/mol. The van der Waals surface area contributed by atoms with Gasteiger partial charge < -0.3 is 9.64 Å². The van der Waals surface area contributed by atoms with Crippen molar-refractivity contribution >= 4 is 23.2 Å². The van der Waals surface area contributed by atoms with Gasteiger partial charge in [0.1, 0.15) is 0 Å². The molecule has 0 aromatic heterocycles. The maximum atomic E-state index is 6.14. The van der Waals surface area contributed by atoms with Gasteiger partial charge in [-0.1, -0.05) is 29.3 Å². The summed E-state index contributed by atoms with van der Waals surface area (Å²) in [5.41, 5.74) is 1.28. The lowest BCUT2D eigenvalue weighted by molar-refractivity contribution is 0.0628. The summed E-state index contributed by atoms with van der Waals surface area (Å²) >= 11 is 12.1. The first kappa shape index (κ1) is 15.1. The van der Waals surface area contributed by atoms with Gasteiger partial charge >= 0.3 is 0 Å². The van der Waals surface area contributed by atoms with Gasteiger partial charge in [0.2, 0.25) is 0 Å². The Balaban J connectivity index is 2.16. The number of likely N-dealkylation sites (tertiary alicyclic amines) is 1. The smallest absolute Gasteiger partial charge is 0.0595 e. The monoisotopic (exact) mass is 301 g/mol. The van der Waals surface area contributed by atoms with E-state index in [1.54, 1.807) is 0 Å². The van der Waals surface area contributed by atoms with Gasteiger partial charge in [-0.2, -0.15) is 0 Å². The molecule has 1 aliphatic heterocycles. The number of ether oxygens (including phenoxy) is 1. The molecule has 0 bridgehead atoms. The molecule has 0 saturated carbocycles. The van der Waals surface area contributed by atoms with Crippen molar-refractivity contribution in [2.75, 3.05) is 33.4 Å². The van der Waals surface area contributed by atoms with Crippen LogP contribution in [0, 0.1) is 5.92 Å². The van der Waals surface area contributed by atoms with E-state index in [0.717, 1.165) is 32.7 Å². The molecule has 0 unspecified atom stereocenters. The molecule has 1 fully saturated rings. The molecule has 1 heterocycles. The fourth-order valence-corrected chi connectivity index (χ4v) is 3.14. The fourth-order valence-electron chi connectivity index (χ4n) is 2.83. The van der Waals surface area contributed by atoms with E-state index in [9.17, 15) is 0 Å². The predicted octanol–water partition coefficient (Wildman–Crippen LogP) is 4.07. The molecule has 2 atom stereocenters. The lowest BCUT2D eigenvalue weighted by Crippen LogP contribution is -2.39. The van der Waals surface area contributed by atoms with Crippen molar-refractivity contribution in [2.45, 2.75) is 19.3 Å². The molecule has 0 aliphatic carbocycles. The van der Waals surface area contributed by atoms with Crippen molar-refractivity contribution in [1.82, 2.24) is 4.90 Å². The maximum Gasteiger partial charge on any atom is 0.0595 e. The number of halogens is 2. The van der Waals surface area contributed by atoms with E-state index in [-0.39, 0.29) is 0 Å². The van der Waals surface area contributed by atoms with E-state index in [1.807, 2.05) is 19.1 Å². The van der Waals surface area contributed by atoms with Gasteiger partial charge in [0.25, 0.3) is 0 Å². The molecule has 19 heavy (non-hydrogen) atoms. The number of hydrogen-bond acceptors (Lipinski definition) is 2. The van der Waals surface area contributed by atoms with Crippen molar-refractivity contribution < 1.29 is 4.74 Å². The first-order valence-corrected chi connectivity index (χ1v) is 7.58. The minimum Gasteiger partial charge on any atom is -0.381 e. The molecule has 0 spiro atoms. The van der Waals surface area contributed by atoms with E-state index in [1.165, 1.54) is 5.56 Å². The first-order valence-electron chi connectivity index (χ1n) is 6.83. The van der Waals surface area contributed by atoms with Gasteiger partial charge in [-0.05, 0) is 50.6 Å². The van der Waals surface area contributed by atoms with Gasteiger partial charge in [-0.25, -0.2) is 0 Å². The lowest BCUT2D eigenvalue weighted by atomic mass is 9.81. The van der Waals surface area contributed by atoms with Crippen molar-refractivity contribution in [1.29, 1.82) is 0 Å². The number of rotatable bonds is 4. The third kappa shape index (κ3) is 3.85. The largest absolute Gasteiger partial charge is 0.381 e. The van der Waals surface area contributed by atoms with Gasteiger partial charge in [-0.15, -0.1) is 0 Å². The summed E-state index contributed by atoms with van der Waals surface area (Å²) in [5.74, 6) is 1.04. The van der Waals surface area contributed by atoms with Crippen LogP contribution in [0.1, 0.15) is 24.8 Å². The van der Waals surface area contributed by atoms with Crippen LogP contribution in [0.3, 0.4) is 0 Å². The van der Waals surface area contributed by atoms with Gasteiger partial charge in [0.15, 0.2) is 0 Å². The summed E-state index contributed by atoms with van der Waals surface area (Å²) < 4.78 is 5.64. The Labute approximate surface area is 125 Å². The summed E-state index contributed by atoms with van der Waals surface area (Å²) in [6.45, 7) is 5.82. The summed E-state index contributed by atoms with van der Waals surface area (Å²) in [6.07, 6.45) is 1.15. The molecule has 2 nitrogen and oxygen atoms in total. The topological polar surface area (TPSA) is 12.5 Å². The molecule has 1 aliphatic rings. The summed E-state index contributed by atoms with van der Waals surface area (Å²) in [5, 5.41) is 1.27. The Kier molecular flexibility index (Phi) is 5.52. The van der Waals surface area contributed by atoms with Gasteiger partial charge in [0.05, 0.1) is 16.7 Å². The zero-order valence-corrected chi connectivity index (χ0v) is 13.0. The average molecular weight is 302 g/mol. The van der Waals surface area contributed by atoms with Crippen molar-refractivity contribution in [3.8, 4) is 0 Å². The van der Waals surface area contributed by atoms with Crippen LogP contribution >= 0.6 is 23.2 Å². The summed E-state index contributed by atoms with van der Waals surface area (Å²) in [6, 6.07) is 6.01. The normalized spacial score (nSPS) is 24.6. The van der Waals surface area contributed by atoms with Crippen LogP contribution in [0.25, 0.3) is 0 Å². The highest BCUT2D eigenvalue weighted by molar-refractivity contribution is 6.42. The molecule has 0 N–H and O–H groups in total. The van der Waals surface area contributed by atoms with Crippen molar-refractivity contribution in [3.05, 3.63) is 33.8 Å². The first-order chi connectivity index (χ1) is 9.11. The molecular formula is C15H21Cl2NO. The van der Waals surface area contributed by atoms with Crippen LogP contribution in [0.4, 0.5) is 0 Å². The second-order valence-electron chi connectivity index (χ2n) is 5.25. The molecule has 1 aromatic carbocycles. The summed E-state index contributed by atoms with van der Waals surface area (Å²) in [7, 11) is 2.17. The lowest BCUT2D eigenvalue weighted by Gasteiger charge is -2.37.